The highest BCUT2D eigenvalue weighted by molar-refractivity contribution is 7.89. The van der Waals surface area contributed by atoms with Gasteiger partial charge in [0.2, 0.25) is 0 Å². The quantitative estimate of drug-likeness (QED) is 0.240. The molecule has 1 aliphatic rings. The van der Waals surface area contributed by atoms with Crippen LogP contribution in [0.2, 0.25) is 0 Å². The Morgan fingerprint density at radius 2 is 2.13 bits per heavy atom. The molecule has 0 spiro atoms. The summed E-state index contributed by atoms with van der Waals surface area (Å²) in [4.78, 5) is 8.76. The summed E-state index contributed by atoms with van der Waals surface area (Å²) < 4.78 is 30.1. The summed E-state index contributed by atoms with van der Waals surface area (Å²) in [5.74, 6) is 0. The van der Waals surface area contributed by atoms with Crippen LogP contribution in [-0.2, 0) is 10.1 Å². The number of nitro groups is 1. The van der Waals surface area contributed by atoms with Gasteiger partial charge in [0.1, 0.15) is 5.72 Å². The number of nitrogens with two attached hydrogens (primary N) is 1. The highest BCUT2D eigenvalue weighted by atomic mass is 32.2. The van der Waals surface area contributed by atoms with E-state index in [1.54, 1.807) is 0 Å². The minimum absolute atomic E-state index is 0.608. The smallest absolute Gasteiger partial charge is 0.291 e. The van der Waals surface area contributed by atoms with Crippen molar-refractivity contribution in [3.63, 3.8) is 0 Å². The molecule has 84 valence electrons. The molecule has 0 amide bonds. The monoisotopic (exact) mass is 236 g/mol. The third-order valence-electron chi connectivity index (χ3n) is 1.71. The van der Waals surface area contributed by atoms with Gasteiger partial charge in [-0.05, 0) is 0 Å². The van der Waals surface area contributed by atoms with Crippen molar-refractivity contribution in [3.05, 3.63) is 32.9 Å². The summed E-state index contributed by atoms with van der Waals surface area (Å²) in [6, 6.07) is 0. The van der Waals surface area contributed by atoms with Crippen LogP contribution in [0, 0.1) is 10.1 Å². The molecule has 0 saturated carbocycles. The predicted octanol–water partition coefficient (Wildman–Crippen LogP) is -1.03. The molecule has 0 aromatic heterocycles. The van der Waals surface area contributed by atoms with Gasteiger partial charge in [0.05, 0.1) is 9.83 Å². The average Bonchev–Trinajstić information content (AvgIpc) is 1.99. The Bertz CT molecular complexity index is 460. The van der Waals surface area contributed by atoms with Gasteiger partial charge >= 0.3 is 0 Å². The second-order valence-electron chi connectivity index (χ2n) is 3.08. The minimum atomic E-state index is -4.59. The molecule has 1 rings (SSSR count). The van der Waals surface area contributed by atoms with Crippen molar-refractivity contribution < 1.29 is 23.0 Å². The number of aliphatic hydroxyl groups is 1. The number of nitrogens with zero attached hydrogens (tertiary/aromatic N) is 1. The first kappa shape index (κ1) is 11.8. The van der Waals surface area contributed by atoms with E-state index in [1.807, 2.05) is 0 Å². The molecule has 8 nitrogen and oxygen atoms in total. The Hall–Kier alpha value is -1.29. The summed E-state index contributed by atoms with van der Waals surface area (Å²) in [5, 5.41) is 19.7. The lowest BCUT2D eigenvalue weighted by molar-refractivity contribution is -0.420. The summed E-state index contributed by atoms with van der Waals surface area (Å²) in [7, 11) is -4.59. The second kappa shape index (κ2) is 3.38. The largest absolute Gasteiger partial charge is 0.372 e. The Labute approximate surface area is 84.6 Å². The highest BCUT2D eigenvalue weighted by Crippen LogP contribution is 2.25. The molecule has 0 fully saturated rings. The summed E-state index contributed by atoms with van der Waals surface area (Å²) >= 11 is 0. The van der Waals surface area contributed by atoms with Gasteiger partial charge in [0, 0.05) is 18.6 Å². The summed E-state index contributed by atoms with van der Waals surface area (Å²) in [6.45, 7) is 0. The normalized spacial score (nSPS) is 26.9. The SMILES string of the molecule is NC1(O)C=C([N+](=O)[O-])C=C(S(=O)(=O)O)C1. The van der Waals surface area contributed by atoms with Crippen molar-refractivity contribution in [2.24, 2.45) is 5.73 Å². The van der Waals surface area contributed by atoms with Crippen LogP contribution in [0.15, 0.2) is 22.8 Å². The number of hydrogen-bond acceptors (Lipinski definition) is 6. The van der Waals surface area contributed by atoms with Crippen molar-refractivity contribution in [1.82, 2.24) is 0 Å². The Morgan fingerprint density at radius 1 is 1.60 bits per heavy atom. The fraction of sp³-hybridized carbons (Fsp3) is 0.333. The molecule has 0 radical (unpaired) electrons. The van der Waals surface area contributed by atoms with Crippen molar-refractivity contribution in [2.75, 3.05) is 0 Å². The van der Waals surface area contributed by atoms with Crippen LogP contribution in [0.5, 0.6) is 0 Å². The first-order valence-corrected chi connectivity index (χ1v) is 5.12. The molecule has 15 heavy (non-hydrogen) atoms. The van der Waals surface area contributed by atoms with Gasteiger partial charge in [0.15, 0.2) is 0 Å². The molecule has 1 atom stereocenters. The van der Waals surface area contributed by atoms with E-state index in [9.17, 15) is 23.6 Å². The van der Waals surface area contributed by atoms with E-state index in [1.165, 1.54) is 0 Å². The molecule has 9 heteroatoms. The van der Waals surface area contributed by atoms with E-state index in [0.29, 0.717) is 12.2 Å². The van der Waals surface area contributed by atoms with Crippen molar-refractivity contribution in [2.45, 2.75) is 12.1 Å². The number of rotatable bonds is 2. The summed E-state index contributed by atoms with van der Waals surface area (Å²) in [5.41, 5.74) is 2.32. The maximum Gasteiger partial charge on any atom is 0.291 e. The summed E-state index contributed by atoms with van der Waals surface area (Å²) in [6.07, 6.45) is 0.752. The fourth-order valence-corrected chi connectivity index (χ4v) is 1.80. The van der Waals surface area contributed by atoms with Gasteiger partial charge in [-0.2, -0.15) is 8.42 Å². The molecule has 4 N–H and O–H groups in total. The van der Waals surface area contributed by atoms with Crippen molar-refractivity contribution in [1.29, 1.82) is 0 Å². The van der Waals surface area contributed by atoms with E-state index in [-0.39, 0.29) is 0 Å². The third-order valence-corrected chi connectivity index (χ3v) is 2.63. The van der Waals surface area contributed by atoms with E-state index < -0.39 is 37.8 Å². The fourth-order valence-electron chi connectivity index (χ4n) is 1.11. The van der Waals surface area contributed by atoms with Gasteiger partial charge in [0.25, 0.3) is 15.8 Å². The van der Waals surface area contributed by atoms with E-state index in [4.69, 9.17) is 10.3 Å². The van der Waals surface area contributed by atoms with Crippen LogP contribution in [0.3, 0.4) is 0 Å². The van der Waals surface area contributed by atoms with Crippen LogP contribution in [0.4, 0.5) is 0 Å². The maximum atomic E-state index is 10.7. The van der Waals surface area contributed by atoms with Crippen molar-refractivity contribution in [3.8, 4) is 0 Å². The van der Waals surface area contributed by atoms with Gasteiger partial charge in [-0.1, -0.05) is 0 Å². The predicted molar refractivity (Wildman–Crippen MR) is 48.5 cm³/mol. The van der Waals surface area contributed by atoms with Crippen LogP contribution >= 0.6 is 0 Å². The van der Waals surface area contributed by atoms with Gasteiger partial charge in [-0.15, -0.1) is 0 Å². The number of allylic oxidation sites excluding steroid dienone is 1. The molecule has 1 aliphatic carbocycles. The molecule has 1 unspecified atom stereocenters. The zero-order valence-electron chi connectivity index (χ0n) is 7.32. The molecule has 0 saturated heterocycles. The van der Waals surface area contributed by atoms with E-state index >= 15 is 0 Å². The third kappa shape index (κ3) is 2.83. The molecular formula is C6H8N2O6S. The first-order valence-electron chi connectivity index (χ1n) is 3.68. The lowest BCUT2D eigenvalue weighted by atomic mass is 10.0. The first-order chi connectivity index (χ1) is 6.62. The number of hydrogen-bond donors (Lipinski definition) is 3. The molecule has 0 aromatic rings. The molecule has 0 bridgehead atoms. The van der Waals surface area contributed by atoms with E-state index in [2.05, 4.69) is 0 Å². The van der Waals surface area contributed by atoms with Crippen LogP contribution < -0.4 is 5.73 Å². The highest BCUT2D eigenvalue weighted by Gasteiger charge is 2.34. The van der Waals surface area contributed by atoms with Gasteiger partial charge < -0.3 is 5.11 Å². The van der Waals surface area contributed by atoms with Crippen molar-refractivity contribution >= 4 is 10.1 Å². The van der Waals surface area contributed by atoms with Gasteiger partial charge in [-0.25, -0.2) is 0 Å². The molecule has 0 heterocycles. The zero-order valence-corrected chi connectivity index (χ0v) is 8.14. The van der Waals surface area contributed by atoms with Gasteiger partial charge in [-0.3, -0.25) is 20.4 Å². The lowest BCUT2D eigenvalue weighted by Gasteiger charge is -2.21. The molecule has 0 aromatic carbocycles. The van der Waals surface area contributed by atoms with Crippen LogP contribution in [0.25, 0.3) is 0 Å². The lowest BCUT2D eigenvalue weighted by Crippen LogP contribution is -2.40. The van der Waals surface area contributed by atoms with Crippen LogP contribution in [-0.4, -0.2) is 28.7 Å². The van der Waals surface area contributed by atoms with Crippen LogP contribution in [0.1, 0.15) is 6.42 Å². The molecular weight excluding hydrogens is 228 g/mol. The minimum Gasteiger partial charge on any atom is -0.372 e. The molecule has 0 aliphatic heterocycles. The topological polar surface area (TPSA) is 144 Å². The average molecular weight is 236 g/mol. The second-order valence-corrected chi connectivity index (χ2v) is 4.55. The zero-order chi connectivity index (χ0) is 11.9. The Kier molecular flexibility index (Phi) is 2.65. The maximum absolute atomic E-state index is 10.7. The Balaban J connectivity index is 3.26. The van der Waals surface area contributed by atoms with E-state index in [0.717, 1.165) is 0 Å². The standard InChI is InChI=1S/C6H8N2O6S/c7-6(9)2-4(8(10)11)1-5(3-6)15(12,13)14/h1-2,9H,3,7H2,(H,12,13,14). The Morgan fingerprint density at radius 3 is 2.53 bits per heavy atom.